The van der Waals surface area contributed by atoms with Crippen LogP contribution in [0.1, 0.15) is 34.0 Å². The predicted octanol–water partition coefficient (Wildman–Crippen LogP) is 3.59. The highest BCUT2D eigenvalue weighted by molar-refractivity contribution is 5.89. The molecule has 0 bridgehead atoms. The lowest BCUT2D eigenvalue weighted by molar-refractivity contribution is 0.0689. The summed E-state index contributed by atoms with van der Waals surface area (Å²) in [4.78, 5) is 11.2. The molecule has 1 atom stereocenters. The van der Waals surface area contributed by atoms with E-state index < -0.39 is 5.97 Å². The molecule has 0 radical (unpaired) electrons. The Morgan fingerprint density at radius 1 is 1.25 bits per heavy atom. The Balaban J connectivity index is 1.95. The van der Waals surface area contributed by atoms with E-state index in [2.05, 4.69) is 0 Å². The van der Waals surface area contributed by atoms with Crippen molar-refractivity contribution in [2.45, 2.75) is 18.9 Å². The molecule has 4 heteroatoms. The first-order valence-electron chi connectivity index (χ1n) is 6.42. The first-order chi connectivity index (χ1) is 9.65. The average Bonchev–Trinajstić information content (AvgIpc) is 2.46. The number of halogens is 1. The zero-order chi connectivity index (χ0) is 14.1. The number of hydrogen-bond acceptors (Lipinski definition) is 2. The number of carbonyl (C=O) groups is 1. The van der Waals surface area contributed by atoms with Crippen molar-refractivity contribution in [2.75, 3.05) is 0 Å². The average molecular weight is 272 g/mol. The molecule has 1 N–H and O–H groups in total. The summed E-state index contributed by atoms with van der Waals surface area (Å²) in [5, 5.41) is 9.22. The number of rotatable bonds is 2. The van der Waals surface area contributed by atoms with Gasteiger partial charge in [-0.2, -0.15) is 0 Å². The van der Waals surface area contributed by atoms with Gasteiger partial charge in [0.2, 0.25) is 0 Å². The summed E-state index contributed by atoms with van der Waals surface area (Å²) >= 11 is 0. The van der Waals surface area contributed by atoms with Crippen molar-refractivity contribution >= 4 is 5.97 Å². The van der Waals surface area contributed by atoms with Gasteiger partial charge in [-0.3, -0.25) is 0 Å². The lowest BCUT2D eigenvalue weighted by atomic mass is 9.94. The highest BCUT2D eigenvalue weighted by atomic mass is 19.1. The first kappa shape index (κ1) is 12.7. The smallest absolute Gasteiger partial charge is 0.336 e. The van der Waals surface area contributed by atoms with Crippen molar-refractivity contribution in [3.63, 3.8) is 0 Å². The molecule has 0 aromatic heterocycles. The van der Waals surface area contributed by atoms with E-state index in [0.717, 1.165) is 5.56 Å². The van der Waals surface area contributed by atoms with Crippen LogP contribution in [0.15, 0.2) is 42.5 Å². The Morgan fingerprint density at radius 3 is 2.85 bits per heavy atom. The van der Waals surface area contributed by atoms with E-state index in [4.69, 9.17) is 4.74 Å². The van der Waals surface area contributed by atoms with Gasteiger partial charge in [0, 0.05) is 5.56 Å². The standard InChI is InChI=1S/C16H13FO3/c17-11-6-8-14-10(9-11)5-7-15(20-14)12-3-1-2-4-13(12)16(18)19/h1-4,6,8-9,15H,5,7H2,(H,18,19). The third-order valence-electron chi connectivity index (χ3n) is 3.51. The van der Waals surface area contributed by atoms with Gasteiger partial charge < -0.3 is 9.84 Å². The Hall–Kier alpha value is -2.36. The molecule has 0 amide bonds. The molecule has 1 heterocycles. The molecule has 0 spiro atoms. The van der Waals surface area contributed by atoms with Crippen LogP contribution < -0.4 is 4.74 Å². The summed E-state index contributed by atoms with van der Waals surface area (Å²) in [6.07, 6.45) is 1.01. The fourth-order valence-corrected chi connectivity index (χ4v) is 2.55. The molecule has 1 aliphatic rings. The predicted molar refractivity (Wildman–Crippen MR) is 71.5 cm³/mol. The van der Waals surface area contributed by atoms with Crippen LogP contribution in [0, 0.1) is 5.82 Å². The summed E-state index contributed by atoms with van der Waals surface area (Å²) < 4.78 is 19.0. The van der Waals surface area contributed by atoms with E-state index in [-0.39, 0.29) is 17.5 Å². The molecule has 102 valence electrons. The minimum atomic E-state index is -0.964. The van der Waals surface area contributed by atoms with Crippen molar-refractivity contribution in [3.05, 3.63) is 65.0 Å². The van der Waals surface area contributed by atoms with Crippen molar-refractivity contribution in [2.24, 2.45) is 0 Å². The molecule has 0 fully saturated rings. The molecular weight excluding hydrogens is 259 g/mol. The maximum atomic E-state index is 13.2. The third-order valence-corrected chi connectivity index (χ3v) is 3.51. The zero-order valence-electron chi connectivity index (χ0n) is 10.7. The number of aryl methyl sites for hydroxylation is 1. The van der Waals surface area contributed by atoms with Crippen molar-refractivity contribution in [3.8, 4) is 5.75 Å². The molecule has 0 saturated carbocycles. The number of hydrogen-bond donors (Lipinski definition) is 1. The van der Waals surface area contributed by atoms with Gasteiger partial charge in [0.05, 0.1) is 5.56 Å². The van der Waals surface area contributed by atoms with Crippen molar-refractivity contribution in [1.29, 1.82) is 0 Å². The van der Waals surface area contributed by atoms with E-state index in [1.54, 1.807) is 30.3 Å². The molecule has 2 aromatic rings. The molecule has 1 aliphatic heterocycles. The van der Waals surface area contributed by atoms with Gasteiger partial charge in [-0.05, 0) is 42.7 Å². The number of ether oxygens (including phenoxy) is 1. The molecule has 20 heavy (non-hydrogen) atoms. The highest BCUT2D eigenvalue weighted by Gasteiger charge is 2.25. The van der Waals surface area contributed by atoms with Crippen LogP contribution in [0.4, 0.5) is 4.39 Å². The van der Waals surface area contributed by atoms with Gasteiger partial charge in [0.15, 0.2) is 0 Å². The van der Waals surface area contributed by atoms with Gasteiger partial charge in [-0.15, -0.1) is 0 Å². The molecule has 3 rings (SSSR count). The lowest BCUT2D eigenvalue weighted by Crippen LogP contribution is -2.18. The Kier molecular flexibility index (Phi) is 3.14. The quantitative estimate of drug-likeness (QED) is 0.908. The zero-order valence-corrected chi connectivity index (χ0v) is 10.7. The molecule has 0 saturated heterocycles. The van der Waals surface area contributed by atoms with Gasteiger partial charge in [-0.1, -0.05) is 18.2 Å². The summed E-state index contributed by atoms with van der Waals surface area (Å²) in [5.74, 6) is -0.617. The van der Waals surface area contributed by atoms with Crippen LogP contribution >= 0.6 is 0 Å². The van der Waals surface area contributed by atoms with Gasteiger partial charge in [0.1, 0.15) is 17.7 Å². The second kappa shape index (κ2) is 4.96. The van der Waals surface area contributed by atoms with Crippen molar-refractivity contribution in [1.82, 2.24) is 0 Å². The maximum absolute atomic E-state index is 13.2. The topological polar surface area (TPSA) is 46.5 Å². The lowest BCUT2D eigenvalue weighted by Gasteiger charge is -2.27. The number of aromatic carboxylic acids is 1. The summed E-state index contributed by atoms with van der Waals surface area (Å²) in [5.41, 5.74) is 1.74. The highest BCUT2D eigenvalue weighted by Crippen LogP contribution is 2.36. The fourth-order valence-electron chi connectivity index (χ4n) is 2.55. The number of carboxylic acids is 1. The second-order valence-electron chi connectivity index (χ2n) is 4.79. The largest absolute Gasteiger partial charge is 0.485 e. The maximum Gasteiger partial charge on any atom is 0.336 e. The number of carboxylic acid groups (broad SMARTS) is 1. The van der Waals surface area contributed by atoms with E-state index in [9.17, 15) is 14.3 Å². The second-order valence-corrected chi connectivity index (χ2v) is 4.79. The van der Waals surface area contributed by atoms with E-state index in [1.807, 2.05) is 0 Å². The minimum Gasteiger partial charge on any atom is -0.485 e. The summed E-state index contributed by atoms with van der Waals surface area (Å²) in [6.45, 7) is 0. The van der Waals surface area contributed by atoms with Crippen LogP contribution in [0.5, 0.6) is 5.75 Å². The minimum absolute atomic E-state index is 0.253. The normalized spacial score (nSPS) is 17.1. The van der Waals surface area contributed by atoms with E-state index in [0.29, 0.717) is 24.2 Å². The monoisotopic (exact) mass is 272 g/mol. The molecule has 0 aliphatic carbocycles. The molecule has 1 unspecified atom stereocenters. The Bertz CT molecular complexity index is 667. The Morgan fingerprint density at radius 2 is 2.05 bits per heavy atom. The van der Waals surface area contributed by atoms with Crippen LogP contribution in [-0.4, -0.2) is 11.1 Å². The van der Waals surface area contributed by atoms with Crippen LogP contribution in [0.3, 0.4) is 0 Å². The third kappa shape index (κ3) is 2.25. The van der Waals surface area contributed by atoms with Gasteiger partial charge in [-0.25, -0.2) is 9.18 Å². The fraction of sp³-hybridized carbons (Fsp3) is 0.188. The van der Waals surface area contributed by atoms with Gasteiger partial charge >= 0.3 is 5.97 Å². The molecule has 2 aromatic carbocycles. The van der Waals surface area contributed by atoms with Crippen LogP contribution in [0.2, 0.25) is 0 Å². The summed E-state index contributed by atoms with van der Waals surface area (Å²) in [7, 11) is 0. The van der Waals surface area contributed by atoms with Crippen LogP contribution in [-0.2, 0) is 6.42 Å². The summed E-state index contributed by atoms with van der Waals surface area (Å²) in [6, 6.07) is 11.2. The number of benzene rings is 2. The van der Waals surface area contributed by atoms with Crippen molar-refractivity contribution < 1.29 is 19.0 Å². The first-order valence-corrected chi connectivity index (χ1v) is 6.42. The van der Waals surface area contributed by atoms with E-state index >= 15 is 0 Å². The Labute approximate surface area is 115 Å². The molecule has 3 nitrogen and oxygen atoms in total. The van der Waals surface area contributed by atoms with E-state index in [1.165, 1.54) is 12.1 Å². The van der Waals surface area contributed by atoms with Crippen LogP contribution in [0.25, 0.3) is 0 Å². The SMILES string of the molecule is O=C(O)c1ccccc1C1CCc2cc(F)ccc2O1. The molecular formula is C16H13FO3. The van der Waals surface area contributed by atoms with Gasteiger partial charge in [0.25, 0.3) is 0 Å². The number of fused-ring (bicyclic) bond motifs is 1.